The molecule has 0 unspecified atom stereocenters. The van der Waals surface area contributed by atoms with Crippen molar-refractivity contribution >= 4 is 65.7 Å². The van der Waals surface area contributed by atoms with Gasteiger partial charge in [0.25, 0.3) is 0 Å². The molecule has 1 radical (unpaired) electrons. The molecule has 8 rings (SSSR count). The predicted octanol–water partition coefficient (Wildman–Crippen LogP) is 14.9. The van der Waals surface area contributed by atoms with E-state index in [4.69, 9.17) is 9.97 Å². The summed E-state index contributed by atoms with van der Waals surface area (Å²) in [5, 5.41) is 16.8. The third-order valence-corrected chi connectivity index (χ3v) is 12.7. The molecule has 5 aromatic carbocycles. The van der Waals surface area contributed by atoms with Crippen LogP contribution in [-0.4, -0.2) is 25.3 Å². The molecule has 0 saturated heterocycles. The van der Waals surface area contributed by atoms with Gasteiger partial charge in [0.2, 0.25) is 0 Å². The number of benzene rings is 5. The van der Waals surface area contributed by atoms with Gasteiger partial charge in [0.1, 0.15) is 6.33 Å². The minimum Gasteiger partial charge on any atom is -0.512 e. The van der Waals surface area contributed by atoms with Crippen LogP contribution in [0.5, 0.6) is 0 Å². The van der Waals surface area contributed by atoms with Gasteiger partial charge in [0.05, 0.1) is 16.8 Å². The largest absolute Gasteiger partial charge is 0.512 e. The minimum atomic E-state index is 0. The summed E-state index contributed by atoms with van der Waals surface area (Å²) in [6, 6.07) is 28.6. The van der Waals surface area contributed by atoms with E-state index in [0.29, 0.717) is 17.8 Å². The third kappa shape index (κ3) is 7.68. The summed E-state index contributed by atoms with van der Waals surface area (Å²) in [5.41, 5.74) is 13.7. The van der Waals surface area contributed by atoms with E-state index >= 15 is 0 Å². The zero-order valence-electron chi connectivity index (χ0n) is 36.8. The van der Waals surface area contributed by atoms with Gasteiger partial charge in [-0.3, -0.25) is 9.78 Å². The number of carbonyl (C=O) groups excluding carboxylic acids is 1. The smallest absolute Gasteiger partial charge is 0.162 e. The van der Waals surface area contributed by atoms with Crippen LogP contribution in [0.4, 0.5) is 0 Å². The first kappa shape index (κ1) is 43.9. The number of aliphatic hydroxyl groups is 1. The van der Waals surface area contributed by atoms with Gasteiger partial charge in [-0.2, -0.15) is 0 Å². The average Bonchev–Trinajstić information content (AvgIpc) is 3.56. The Bertz CT molecular complexity index is 2790. The number of aliphatic hydroxyl groups excluding tert-OH is 1. The fraction of sp³-hybridized carbons (Fsp3) is 0.377. The number of para-hydroxylation sites is 1. The van der Waals surface area contributed by atoms with Crippen molar-refractivity contribution in [2.45, 2.75) is 120 Å². The van der Waals surface area contributed by atoms with Crippen LogP contribution >= 0.6 is 0 Å². The minimum absolute atomic E-state index is 0. The standard InChI is InChI=1S/C40H36N3.C13H24O2.Ir/c1-21(2)26-17-29(22(3)4)35(30(18-26)23(5)6)31-19-33-37-38(42-20-41-33)32-16-25-12-8-9-13-27(25)24(7)39(32)43-34-15-11-10-14-28(34)36(31)40(37)43;1-5-10(6-2)12(14)9-13(15)11(7-3)8-4;/h8-15,17-23H,1-7H3;9-11,14H,5-8H2,1-4H3;/q-1;;/b;12-9-;. The number of rotatable bonds is 11. The number of ketones is 1. The first-order chi connectivity index (χ1) is 27.9. The average molecular weight is 963 g/mol. The molecule has 5 nitrogen and oxygen atoms in total. The molecule has 0 bridgehead atoms. The summed E-state index contributed by atoms with van der Waals surface area (Å²) >= 11 is 0. The number of fused-ring (bicyclic) bond motifs is 7. The Kier molecular flexibility index (Phi) is 13.3. The van der Waals surface area contributed by atoms with E-state index < -0.39 is 0 Å². The Labute approximate surface area is 364 Å². The van der Waals surface area contributed by atoms with Gasteiger partial charge >= 0.3 is 0 Å². The Morgan fingerprint density at radius 3 is 1.93 bits per heavy atom. The molecule has 0 atom stereocenters. The van der Waals surface area contributed by atoms with Gasteiger partial charge < -0.3 is 9.51 Å². The van der Waals surface area contributed by atoms with Crippen molar-refractivity contribution in [1.29, 1.82) is 0 Å². The number of hydrogen-bond acceptors (Lipinski definition) is 4. The molecule has 59 heavy (non-hydrogen) atoms. The van der Waals surface area contributed by atoms with E-state index in [1.807, 2.05) is 27.7 Å². The summed E-state index contributed by atoms with van der Waals surface area (Å²) in [5.74, 6) is 1.77. The Morgan fingerprint density at radius 2 is 1.34 bits per heavy atom. The van der Waals surface area contributed by atoms with E-state index in [2.05, 4.69) is 126 Å². The third-order valence-electron chi connectivity index (χ3n) is 12.7. The van der Waals surface area contributed by atoms with Gasteiger partial charge in [-0.05, 0) is 88.9 Å². The Balaban J connectivity index is 0.000000315. The van der Waals surface area contributed by atoms with E-state index in [1.165, 1.54) is 72.2 Å². The number of carbonyl (C=O) groups is 1. The van der Waals surface area contributed by atoms with Crippen molar-refractivity contribution in [3.8, 4) is 11.1 Å². The molecule has 3 heterocycles. The summed E-state index contributed by atoms with van der Waals surface area (Å²) in [6.07, 6.45) is 6.64. The van der Waals surface area contributed by atoms with Crippen LogP contribution in [-0.2, 0) is 24.9 Å². The number of allylic oxidation sites excluding steroid dienone is 2. The molecule has 8 aromatic rings. The molecule has 0 aliphatic carbocycles. The fourth-order valence-corrected chi connectivity index (χ4v) is 9.24. The van der Waals surface area contributed by atoms with Crippen LogP contribution in [0.15, 0.2) is 84.9 Å². The van der Waals surface area contributed by atoms with Gasteiger partial charge in [0, 0.05) is 65.2 Å². The summed E-state index contributed by atoms with van der Waals surface area (Å²) < 4.78 is 2.49. The second-order valence-corrected chi connectivity index (χ2v) is 17.2. The molecule has 6 heteroatoms. The number of pyridine rings is 1. The topological polar surface area (TPSA) is 67.5 Å². The molecular weight excluding hydrogens is 903 g/mol. The first-order valence-electron chi connectivity index (χ1n) is 21.6. The van der Waals surface area contributed by atoms with Crippen LogP contribution in [0.1, 0.15) is 135 Å². The first-order valence-corrected chi connectivity index (χ1v) is 21.6. The molecule has 0 fully saturated rings. The van der Waals surface area contributed by atoms with Crippen molar-refractivity contribution in [1.82, 2.24) is 14.4 Å². The van der Waals surface area contributed by atoms with Crippen molar-refractivity contribution in [2.75, 3.05) is 0 Å². The molecule has 1 N–H and O–H groups in total. The summed E-state index contributed by atoms with van der Waals surface area (Å²) in [7, 11) is 0. The molecular formula is C53H60IrN3O2-. The van der Waals surface area contributed by atoms with E-state index in [-0.39, 0.29) is 43.5 Å². The van der Waals surface area contributed by atoms with Crippen molar-refractivity contribution < 1.29 is 30.0 Å². The predicted molar refractivity (Wildman–Crippen MR) is 247 cm³/mol. The normalized spacial score (nSPS) is 12.4. The van der Waals surface area contributed by atoms with Crippen LogP contribution < -0.4 is 0 Å². The second kappa shape index (κ2) is 17.9. The van der Waals surface area contributed by atoms with E-state index in [0.717, 1.165) is 52.9 Å². The zero-order chi connectivity index (χ0) is 41.6. The molecule has 0 aliphatic heterocycles. The maximum absolute atomic E-state index is 11.7. The number of hydrogen-bond donors (Lipinski definition) is 1. The van der Waals surface area contributed by atoms with Crippen LogP contribution in [0, 0.1) is 24.8 Å². The van der Waals surface area contributed by atoms with Gasteiger partial charge in [-0.1, -0.05) is 141 Å². The number of nitrogens with zero attached hydrogens (tertiary/aromatic N) is 3. The van der Waals surface area contributed by atoms with Crippen LogP contribution in [0.25, 0.3) is 71.0 Å². The molecule has 0 spiro atoms. The van der Waals surface area contributed by atoms with Gasteiger partial charge in [-0.25, -0.2) is 4.98 Å². The SMILES string of the molecule is CCC(CC)C(=O)/C=C(\O)C(CC)CC.Cc1c2ccccc2[c-]c2c3ncnc4cc(-c5c(C(C)C)cc(C(C)C)cc5C(C)C)c5c6ccccc6n(c12)c5c43.[Ir]. The van der Waals surface area contributed by atoms with Crippen LogP contribution in [0.3, 0.4) is 0 Å². The summed E-state index contributed by atoms with van der Waals surface area (Å²) in [6.45, 7) is 24.3. The fourth-order valence-electron chi connectivity index (χ4n) is 9.24. The Hall–Kier alpha value is -4.64. The number of aromatic nitrogens is 3. The van der Waals surface area contributed by atoms with Crippen LogP contribution in [0.2, 0.25) is 0 Å². The molecule has 309 valence electrons. The van der Waals surface area contributed by atoms with Crippen molar-refractivity contribution in [3.63, 3.8) is 0 Å². The second-order valence-electron chi connectivity index (χ2n) is 17.2. The molecule has 3 aromatic heterocycles. The van der Waals surface area contributed by atoms with E-state index in [1.54, 1.807) is 6.33 Å². The Morgan fingerprint density at radius 1 is 0.746 bits per heavy atom. The maximum atomic E-state index is 11.7. The van der Waals surface area contributed by atoms with Gasteiger partial charge in [0.15, 0.2) is 5.78 Å². The maximum Gasteiger partial charge on any atom is 0.162 e. The number of aryl methyl sites for hydroxylation is 1. The zero-order valence-corrected chi connectivity index (χ0v) is 39.1. The molecule has 0 amide bonds. The monoisotopic (exact) mass is 963 g/mol. The molecule has 0 aliphatic rings. The van der Waals surface area contributed by atoms with Crippen molar-refractivity contribution in [2.24, 2.45) is 11.8 Å². The van der Waals surface area contributed by atoms with Crippen molar-refractivity contribution in [3.05, 3.63) is 113 Å². The quantitative estimate of drug-likeness (QED) is 0.0461. The molecule has 0 saturated carbocycles. The summed E-state index contributed by atoms with van der Waals surface area (Å²) in [4.78, 5) is 21.6. The van der Waals surface area contributed by atoms with Gasteiger partial charge in [-0.15, -0.1) is 17.5 Å². The van der Waals surface area contributed by atoms with E-state index in [9.17, 15) is 9.90 Å².